The summed E-state index contributed by atoms with van der Waals surface area (Å²) in [4.78, 5) is 11.9. The maximum absolute atomic E-state index is 11.9. The molecule has 0 aliphatic heterocycles. The van der Waals surface area contributed by atoms with Crippen LogP contribution in [0.1, 0.15) is 26.3 Å². The van der Waals surface area contributed by atoms with Crippen molar-refractivity contribution in [2.24, 2.45) is 0 Å². The van der Waals surface area contributed by atoms with Gasteiger partial charge in [0, 0.05) is 0 Å². The van der Waals surface area contributed by atoms with E-state index in [1.54, 1.807) is 0 Å². The molecule has 0 radical (unpaired) electrons. The summed E-state index contributed by atoms with van der Waals surface area (Å²) in [5.41, 5.74) is -0.195. The molecule has 3 heteroatoms. The number of ether oxygens (including phenoxy) is 1. The molecule has 0 amide bonds. The number of carbonyl (C=O) groups is 1. The minimum Gasteiger partial charge on any atom is -0.491 e. The molecule has 0 unspecified atom stereocenters. The molecule has 1 atom stereocenters. The maximum atomic E-state index is 11.9. The van der Waals surface area contributed by atoms with Crippen molar-refractivity contribution >= 4 is 11.4 Å². The van der Waals surface area contributed by atoms with Crippen LogP contribution in [0.2, 0.25) is 0 Å². The van der Waals surface area contributed by atoms with Crippen LogP contribution in [0, 0.1) is 0 Å². The minimum atomic E-state index is -1.48. The summed E-state index contributed by atoms with van der Waals surface area (Å²) in [7, 11) is 0. The molecule has 1 N–H and O–H groups in total. The molecule has 17 heavy (non-hydrogen) atoms. The Morgan fingerprint density at radius 2 is 1.82 bits per heavy atom. The number of benzene rings is 1. The highest BCUT2D eigenvalue weighted by Crippen LogP contribution is 2.41. The Balaban J connectivity index is 2.46. The van der Waals surface area contributed by atoms with Gasteiger partial charge in [-0.25, -0.2) is 0 Å². The predicted octanol–water partition coefficient (Wildman–Crippen LogP) is 2.16. The Labute approximate surface area is 101 Å². The number of rotatable bonds is 3. The average Bonchev–Trinajstić information content (AvgIpc) is 2.29. The van der Waals surface area contributed by atoms with Gasteiger partial charge in [0.1, 0.15) is 5.76 Å². The molecule has 0 fully saturated rings. The van der Waals surface area contributed by atoms with Gasteiger partial charge in [0.15, 0.2) is 5.60 Å². The van der Waals surface area contributed by atoms with Crippen molar-refractivity contribution < 1.29 is 14.6 Å². The van der Waals surface area contributed by atoms with Crippen LogP contribution in [-0.2, 0) is 9.53 Å². The second-order valence-corrected chi connectivity index (χ2v) is 4.64. The molecule has 1 aromatic rings. The van der Waals surface area contributed by atoms with Crippen molar-refractivity contribution in [3.8, 4) is 0 Å². The van der Waals surface area contributed by atoms with Gasteiger partial charge in [0.25, 0.3) is 0 Å². The fourth-order valence-electron chi connectivity index (χ4n) is 1.91. The molecule has 2 rings (SSSR count). The number of ketones is 1. The highest BCUT2D eigenvalue weighted by Gasteiger charge is 2.51. The SMILES string of the molecule is CC(C)OC1=C(c2ccccc2)C(=O)[C@]1(C)O. The van der Waals surface area contributed by atoms with Crippen LogP contribution < -0.4 is 0 Å². The zero-order valence-corrected chi connectivity index (χ0v) is 10.2. The van der Waals surface area contributed by atoms with Crippen LogP contribution in [-0.4, -0.2) is 22.6 Å². The van der Waals surface area contributed by atoms with Gasteiger partial charge in [-0.15, -0.1) is 0 Å². The Morgan fingerprint density at radius 1 is 1.24 bits per heavy atom. The lowest BCUT2D eigenvalue weighted by Crippen LogP contribution is -2.49. The highest BCUT2D eigenvalue weighted by molar-refractivity contribution is 6.33. The normalized spacial score (nSPS) is 23.9. The Kier molecular flexibility index (Phi) is 2.79. The molecule has 0 bridgehead atoms. The molecular weight excluding hydrogens is 216 g/mol. The van der Waals surface area contributed by atoms with Crippen LogP contribution >= 0.6 is 0 Å². The predicted molar refractivity (Wildman–Crippen MR) is 65.2 cm³/mol. The van der Waals surface area contributed by atoms with E-state index in [-0.39, 0.29) is 11.9 Å². The fourth-order valence-corrected chi connectivity index (χ4v) is 1.91. The molecule has 0 spiro atoms. The molecule has 90 valence electrons. The van der Waals surface area contributed by atoms with Gasteiger partial charge in [-0.3, -0.25) is 4.79 Å². The summed E-state index contributed by atoms with van der Waals surface area (Å²) < 4.78 is 5.55. The molecule has 0 saturated carbocycles. The zero-order chi connectivity index (χ0) is 12.6. The van der Waals surface area contributed by atoms with E-state index in [1.807, 2.05) is 44.2 Å². The van der Waals surface area contributed by atoms with Gasteiger partial charge in [-0.05, 0) is 26.3 Å². The lowest BCUT2D eigenvalue weighted by molar-refractivity contribution is -0.135. The lowest BCUT2D eigenvalue weighted by Gasteiger charge is -2.37. The van der Waals surface area contributed by atoms with Crippen LogP contribution in [0.25, 0.3) is 5.57 Å². The van der Waals surface area contributed by atoms with Gasteiger partial charge in [0.05, 0.1) is 11.7 Å². The lowest BCUT2D eigenvalue weighted by atomic mass is 9.76. The Bertz CT molecular complexity index is 470. The van der Waals surface area contributed by atoms with Crippen molar-refractivity contribution in [3.63, 3.8) is 0 Å². The summed E-state index contributed by atoms with van der Waals surface area (Å²) in [5.74, 6) is 0.100. The molecular formula is C14H16O3. The van der Waals surface area contributed by atoms with Crippen LogP contribution in [0.5, 0.6) is 0 Å². The summed E-state index contributed by atoms with van der Waals surface area (Å²) in [5, 5.41) is 9.99. The average molecular weight is 232 g/mol. The molecule has 0 heterocycles. The Morgan fingerprint density at radius 3 is 2.35 bits per heavy atom. The second-order valence-electron chi connectivity index (χ2n) is 4.64. The van der Waals surface area contributed by atoms with Crippen molar-refractivity contribution in [2.45, 2.75) is 32.5 Å². The van der Waals surface area contributed by atoms with Gasteiger partial charge in [0.2, 0.25) is 5.78 Å². The zero-order valence-electron chi connectivity index (χ0n) is 10.2. The second kappa shape index (κ2) is 4.00. The first-order valence-corrected chi connectivity index (χ1v) is 5.68. The fraction of sp³-hybridized carbons (Fsp3) is 0.357. The van der Waals surface area contributed by atoms with E-state index in [0.717, 1.165) is 5.56 Å². The largest absolute Gasteiger partial charge is 0.491 e. The molecule has 1 aliphatic carbocycles. The van der Waals surface area contributed by atoms with Crippen LogP contribution in [0.15, 0.2) is 36.1 Å². The van der Waals surface area contributed by atoms with Gasteiger partial charge in [-0.1, -0.05) is 30.3 Å². The molecule has 0 aromatic heterocycles. The van der Waals surface area contributed by atoms with Gasteiger partial charge in [-0.2, -0.15) is 0 Å². The standard InChI is InChI=1S/C14H16O3/c1-9(2)17-13-11(12(15)14(13,3)16)10-7-5-4-6-8-10/h4-9,16H,1-3H3/t14-/m0/s1. The summed E-state index contributed by atoms with van der Waals surface area (Å²) in [6.45, 7) is 5.21. The molecule has 0 saturated heterocycles. The third kappa shape index (κ3) is 1.87. The van der Waals surface area contributed by atoms with E-state index in [1.165, 1.54) is 6.92 Å². The maximum Gasteiger partial charge on any atom is 0.205 e. The monoisotopic (exact) mass is 232 g/mol. The molecule has 3 nitrogen and oxygen atoms in total. The quantitative estimate of drug-likeness (QED) is 0.868. The molecule has 1 aliphatic rings. The van der Waals surface area contributed by atoms with E-state index in [0.29, 0.717) is 11.3 Å². The van der Waals surface area contributed by atoms with Crippen molar-refractivity contribution in [1.29, 1.82) is 0 Å². The third-order valence-electron chi connectivity index (χ3n) is 2.75. The highest BCUT2D eigenvalue weighted by atomic mass is 16.5. The van der Waals surface area contributed by atoms with E-state index < -0.39 is 5.60 Å². The van der Waals surface area contributed by atoms with Crippen LogP contribution in [0.3, 0.4) is 0 Å². The first-order valence-electron chi connectivity index (χ1n) is 5.68. The van der Waals surface area contributed by atoms with Crippen molar-refractivity contribution in [3.05, 3.63) is 41.7 Å². The number of aliphatic hydroxyl groups is 1. The van der Waals surface area contributed by atoms with E-state index in [9.17, 15) is 9.90 Å². The van der Waals surface area contributed by atoms with Crippen molar-refractivity contribution in [2.75, 3.05) is 0 Å². The van der Waals surface area contributed by atoms with E-state index >= 15 is 0 Å². The molecule has 1 aromatic carbocycles. The topological polar surface area (TPSA) is 46.5 Å². The van der Waals surface area contributed by atoms with Crippen LogP contribution in [0.4, 0.5) is 0 Å². The van der Waals surface area contributed by atoms with E-state index in [4.69, 9.17) is 4.74 Å². The van der Waals surface area contributed by atoms with Gasteiger partial charge >= 0.3 is 0 Å². The summed E-state index contributed by atoms with van der Waals surface area (Å²) >= 11 is 0. The number of hydrogen-bond donors (Lipinski definition) is 1. The minimum absolute atomic E-state index is 0.0664. The number of carbonyl (C=O) groups excluding carboxylic acids is 1. The third-order valence-corrected chi connectivity index (χ3v) is 2.75. The number of hydrogen-bond acceptors (Lipinski definition) is 3. The van der Waals surface area contributed by atoms with Gasteiger partial charge < -0.3 is 9.84 Å². The van der Waals surface area contributed by atoms with E-state index in [2.05, 4.69) is 0 Å². The Hall–Kier alpha value is -1.61. The smallest absolute Gasteiger partial charge is 0.205 e. The summed E-state index contributed by atoms with van der Waals surface area (Å²) in [6, 6.07) is 9.28. The number of Topliss-reactive ketones (excluding diaryl/α,β-unsaturated/α-hetero) is 1. The van der Waals surface area contributed by atoms with Crippen molar-refractivity contribution in [1.82, 2.24) is 0 Å². The first-order chi connectivity index (χ1) is 7.94. The first kappa shape index (κ1) is 11.9. The summed E-state index contributed by atoms with van der Waals surface area (Å²) in [6.07, 6.45) is -0.0664.